The van der Waals surface area contributed by atoms with Gasteiger partial charge in [-0.1, -0.05) is 0 Å². The molecule has 0 saturated carbocycles. The average molecular weight is 175 g/mol. The Hall–Kier alpha value is -1.42. The van der Waals surface area contributed by atoms with Crippen molar-refractivity contribution < 1.29 is 0 Å². The Morgan fingerprint density at radius 3 is 3.33 bits per heavy atom. The van der Waals surface area contributed by atoms with Crippen LogP contribution in [0.5, 0.6) is 0 Å². The third-order valence-electron chi connectivity index (χ3n) is 1.83. The molecule has 58 valence electrons. The maximum absolute atomic E-state index is 4.20. The van der Waals surface area contributed by atoms with Crippen LogP contribution in [0.25, 0.3) is 16.0 Å². The Balaban J connectivity index is 2.71. The van der Waals surface area contributed by atoms with Crippen LogP contribution >= 0.6 is 11.3 Å². The summed E-state index contributed by atoms with van der Waals surface area (Å²) < 4.78 is 2.00. The lowest BCUT2D eigenvalue weighted by atomic mass is 10.4. The number of aromatic nitrogens is 3. The second-order valence-electron chi connectivity index (χ2n) is 2.54. The van der Waals surface area contributed by atoms with Crippen molar-refractivity contribution >= 4 is 27.3 Å². The molecule has 0 aromatic carbocycles. The summed E-state index contributed by atoms with van der Waals surface area (Å²) in [6, 6.07) is 2.06. The number of thiophene rings is 1. The van der Waals surface area contributed by atoms with Gasteiger partial charge >= 0.3 is 0 Å². The van der Waals surface area contributed by atoms with Crippen LogP contribution in [-0.4, -0.2) is 14.4 Å². The molecule has 0 atom stereocenters. The molecule has 0 saturated heterocycles. The Morgan fingerprint density at radius 2 is 2.33 bits per heavy atom. The maximum atomic E-state index is 4.20. The van der Waals surface area contributed by atoms with Gasteiger partial charge in [0.2, 0.25) is 5.78 Å². The van der Waals surface area contributed by atoms with Gasteiger partial charge in [-0.15, -0.1) is 11.3 Å². The fraction of sp³-hybridized carbons (Fsp3) is 0. The molecule has 0 N–H and O–H groups in total. The first-order valence-corrected chi connectivity index (χ1v) is 4.48. The molecule has 4 heteroatoms. The monoisotopic (exact) mass is 175 g/mol. The summed E-state index contributed by atoms with van der Waals surface area (Å²) in [5.74, 6) is 0.768. The lowest BCUT2D eigenvalue weighted by molar-refractivity contribution is 1.18. The van der Waals surface area contributed by atoms with Gasteiger partial charge in [-0.05, 0) is 11.4 Å². The SMILES string of the molecule is c1cn2c(n1)ncc1ccsc12. The minimum Gasteiger partial charge on any atom is -0.275 e. The molecule has 3 heterocycles. The van der Waals surface area contributed by atoms with E-state index in [0.717, 1.165) is 5.78 Å². The Labute approximate surface area is 72.3 Å². The predicted molar refractivity (Wildman–Crippen MR) is 48.4 cm³/mol. The standard InChI is InChI=1S/C8H5N3S/c1-4-12-7-6(1)5-10-8-9-2-3-11(7)8/h1-5H. The summed E-state index contributed by atoms with van der Waals surface area (Å²) >= 11 is 1.70. The molecular formula is C8H5N3S. The molecule has 0 spiro atoms. The normalized spacial score (nSPS) is 11.3. The van der Waals surface area contributed by atoms with Crippen LogP contribution in [0.1, 0.15) is 0 Å². The van der Waals surface area contributed by atoms with Crippen LogP contribution in [-0.2, 0) is 0 Å². The molecule has 3 rings (SSSR count). The molecule has 3 aromatic heterocycles. The number of rotatable bonds is 0. The molecule has 3 nitrogen and oxygen atoms in total. The van der Waals surface area contributed by atoms with Gasteiger partial charge in [-0.3, -0.25) is 4.40 Å². The van der Waals surface area contributed by atoms with Crippen molar-refractivity contribution in [3.05, 3.63) is 30.0 Å². The second-order valence-corrected chi connectivity index (χ2v) is 3.43. The summed E-state index contributed by atoms with van der Waals surface area (Å²) in [7, 11) is 0. The quantitative estimate of drug-likeness (QED) is 0.522. The van der Waals surface area contributed by atoms with E-state index < -0.39 is 0 Å². The smallest absolute Gasteiger partial charge is 0.234 e. The van der Waals surface area contributed by atoms with E-state index in [1.165, 1.54) is 10.2 Å². The first kappa shape index (κ1) is 6.14. The van der Waals surface area contributed by atoms with Gasteiger partial charge in [0.1, 0.15) is 4.83 Å². The zero-order valence-corrected chi connectivity index (χ0v) is 6.95. The summed E-state index contributed by atoms with van der Waals surface area (Å²) in [5, 5.41) is 3.23. The van der Waals surface area contributed by atoms with Crippen molar-refractivity contribution in [3.63, 3.8) is 0 Å². The van der Waals surface area contributed by atoms with Gasteiger partial charge in [0.25, 0.3) is 0 Å². The van der Waals surface area contributed by atoms with Crippen molar-refractivity contribution in [3.8, 4) is 0 Å². The van der Waals surface area contributed by atoms with Crippen molar-refractivity contribution in [2.45, 2.75) is 0 Å². The van der Waals surface area contributed by atoms with Crippen LogP contribution in [0, 0.1) is 0 Å². The third-order valence-corrected chi connectivity index (χ3v) is 2.76. The van der Waals surface area contributed by atoms with E-state index in [9.17, 15) is 0 Å². The highest BCUT2D eigenvalue weighted by Crippen LogP contribution is 2.19. The van der Waals surface area contributed by atoms with Crippen LogP contribution in [0.15, 0.2) is 30.0 Å². The number of hydrogen-bond acceptors (Lipinski definition) is 3. The van der Waals surface area contributed by atoms with E-state index in [0.29, 0.717) is 0 Å². The molecule has 0 bridgehead atoms. The van der Waals surface area contributed by atoms with Crippen LogP contribution < -0.4 is 0 Å². The Kier molecular flexibility index (Phi) is 1.04. The number of nitrogens with zero attached hydrogens (tertiary/aromatic N) is 3. The first-order chi connectivity index (χ1) is 5.95. The average Bonchev–Trinajstić information content (AvgIpc) is 2.71. The fourth-order valence-electron chi connectivity index (χ4n) is 1.28. The van der Waals surface area contributed by atoms with E-state index in [1.807, 2.05) is 16.8 Å². The number of imidazole rings is 1. The summed E-state index contributed by atoms with van der Waals surface area (Å²) in [4.78, 5) is 9.51. The minimum atomic E-state index is 0.768. The second kappa shape index (κ2) is 2.04. The van der Waals surface area contributed by atoms with Crippen LogP contribution in [0.2, 0.25) is 0 Å². The van der Waals surface area contributed by atoms with Crippen molar-refractivity contribution in [1.29, 1.82) is 0 Å². The lowest BCUT2D eigenvalue weighted by Gasteiger charge is -1.92. The maximum Gasteiger partial charge on any atom is 0.234 e. The zero-order chi connectivity index (χ0) is 7.97. The molecule has 12 heavy (non-hydrogen) atoms. The van der Waals surface area contributed by atoms with Crippen LogP contribution in [0.3, 0.4) is 0 Å². The molecule has 3 aromatic rings. The van der Waals surface area contributed by atoms with E-state index in [1.54, 1.807) is 17.5 Å². The molecular weight excluding hydrogens is 170 g/mol. The van der Waals surface area contributed by atoms with E-state index >= 15 is 0 Å². The van der Waals surface area contributed by atoms with E-state index in [2.05, 4.69) is 21.4 Å². The first-order valence-electron chi connectivity index (χ1n) is 3.60. The van der Waals surface area contributed by atoms with Gasteiger partial charge in [-0.25, -0.2) is 9.97 Å². The van der Waals surface area contributed by atoms with Gasteiger partial charge < -0.3 is 0 Å². The Bertz CT molecular complexity index is 487. The highest BCUT2D eigenvalue weighted by atomic mass is 32.1. The summed E-state index contributed by atoms with van der Waals surface area (Å²) in [6.45, 7) is 0. The van der Waals surface area contributed by atoms with E-state index in [4.69, 9.17) is 0 Å². The van der Waals surface area contributed by atoms with Gasteiger partial charge in [0.05, 0.1) is 0 Å². The summed E-state index contributed by atoms with van der Waals surface area (Å²) in [6.07, 6.45) is 5.55. The van der Waals surface area contributed by atoms with Crippen molar-refractivity contribution in [2.75, 3.05) is 0 Å². The highest BCUT2D eigenvalue weighted by Gasteiger charge is 2.00. The van der Waals surface area contributed by atoms with Crippen molar-refractivity contribution in [1.82, 2.24) is 14.4 Å². The summed E-state index contributed by atoms with van der Waals surface area (Å²) in [5.41, 5.74) is 0. The van der Waals surface area contributed by atoms with Crippen LogP contribution in [0.4, 0.5) is 0 Å². The fourth-order valence-corrected chi connectivity index (χ4v) is 2.14. The number of fused-ring (bicyclic) bond motifs is 3. The highest BCUT2D eigenvalue weighted by molar-refractivity contribution is 7.16. The lowest BCUT2D eigenvalue weighted by Crippen LogP contribution is -1.85. The molecule has 0 amide bonds. The van der Waals surface area contributed by atoms with Crippen molar-refractivity contribution in [2.24, 2.45) is 0 Å². The molecule has 0 unspecified atom stereocenters. The van der Waals surface area contributed by atoms with Gasteiger partial charge in [-0.2, -0.15) is 0 Å². The van der Waals surface area contributed by atoms with Gasteiger partial charge in [0, 0.05) is 24.0 Å². The Morgan fingerprint density at radius 1 is 1.33 bits per heavy atom. The minimum absolute atomic E-state index is 0.768. The molecule has 0 radical (unpaired) electrons. The van der Waals surface area contributed by atoms with E-state index in [-0.39, 0.29) is 0 Å². The molecule has 0 aliphatic carbocycles. The number of hydrogen-bond donors (Lipinski definition) is 0. The third kappa shape index (κ3) is 0.648. The molecule has 0 aliphatic heterocycles. The largest absolute Gasteiger partial charge is 0.275 e. The molecule has 0 aliphatic rings. The molecule has 0 fully saturated rings. The van der Waals surface area contributed by atoms with Gasteiger partial charge in [0.15, 0.2) is 0 Å². The topological polar surface area (TPSA) is 30.2 Å². The zero-order valence-electron chi connectivity index (χ0n) is 6.14. The predicted octanol–water partition coefficient (Wildman–Crippen LogP) is 1.94.